The minimum atomic E-state index is 0.739. The first-order valence-electron chi connectivity index (χ1n) is 3.32. The standard InChI is InChI=1S/C6H14BS/c1-3-5-6(4-2)7-8/h6,8H,3-5H2,1-2H3. The molecule has 0 heterocycles. The van der Waals surface area contributed by atoms with Gasteiger partial charge in [0.05, 0.1) is 0 Å². The highest BCUT2D eigenvalue weighted by Gasteiger charge is 2.01. The minimum absolute atomic E-state index is 0.739. The van der Waals surface area contributed by atoms with E-state index in [4.69, 9.17) is 0 Å². The summed E-state index contributed by atoms with van der Waals surface area (Å²) in [6, 6.07) is 0. The van der Waals surface area contributed by atoms with Crippen molar-refractivity contribution in [1.29, 1.82) is 0 Å². The molecule has 0 aromatic rings. The second-order valence-corrected chi connectivity index (χ2v) is 2.40. The van der Waals surface area contributed by atoms with Gasteiger partial charge in [-0.1, -0.05) is 38.9 Å². The molecule has 1 unspecified atom stereocenters. The molecule has 0 amide bonds. The van der Waals surface area contributed by atoms with Crippen LogP contribution in [-0.4, -0.2) is 6.56 Å². The van der Waals surface area contributed by atoms with Crippen LogP contribution in [0.3, 0.4) is 0 Å². The van der Waals surface area contributed by atoms with Crippen molar-refractivity contribution in [2.24, 2.45) is 0 Å². The lowest BCUT2D eigenvalue weighted by atomic mass is 9.80. The number of hydrogen-bond donors (Lipinski definition) is 1. The maximum atomic E-state index is 4.10. The highest BCUT2D eigenvalue weighted by molar-refractivity contribution is 8.07. The minimum Gasteiger partial charge on any atom is -0.235 e. The first-order chi connectivity index (χ1) is 3.85. The third kappa shape index (κ3) is 3.42. The topological polar surface area (TPSA) is 0 Å². The van der Waals surface area contributed by atoms with Crippen LogP contribution in [0.5, 0.6) is 0 Å². The maximum absolute atomic E-state index is 4.10. The fourth-order valence-corrected chi connectivity index (χ4v) is 1.11. The zero-order chi connectivity index (χ0) is 6.41. The molecule has 0 nitrogen and oxygen atoms in total. The average Bonchev–Trinajstić information content (AvgIpc) is 1.83. The molecule has 0 aliphatic carbocycles. The van der Waals surface area contributed by atoms with Crippen molar-refractivity contribution >= 4 is 19.0 Å². The molecule has 0 aliphatic rings. The maximum Gasteiger partial charge on any atom is 0.190 e. The summed E-state index contributed by atoms with van der Waals surface area (Å²) in [7, 11) is 0. The Kier molecular flexibility index (Phi) is 5.84. The van der Waals surface area contributed by atoms with E-state index in [1.54, 1.807) is 0 Å². The van der Waals surface area contributed by atoms with Crippen LogP contribution in [0.1, 0.15) is 33.1 Å². The molecule has 0 aromatic heterocycles. The molecule has 0 aromatic carbocycles. The van der Waals surface area contributed by atoms with Crippen molar-refractivity contribution in [2.75, 3.05) is 0 Å². The van der Waals surface area contributed by atoms with E-state index in [1.165, 1.54) is 19.3 Å². The van der Waals surface area contributed by atoms with Gasteiger partial charge >= 0.3 is 0 Å². The zero-order valence-electron chi connectivity index (χ0n) is 5.72. The molecule has 0 aliphatic heterocycles. The van der Waals surface area contributed by atoms with Gasteiger partial charge in [-0.25, -0.2) is 12.5 Å². The lowest BCUT2D eigenvalue weighted by Gasteiger charge is -2.06. The summed E-state index contributed by atoms with van der Waals surface area (Å²) in [6.45, 7) is 6.41. The summed E-state index contributed by atoms with van der Waals surface area (Å²) in [5, 5.41) is 0. The van der Waals surface area contributed by atoms with Gasteiger partial charge in [-0.05, 0) is 0 Å². The molecule has 1 radical (unpaired) electrons. The van der Waals surface area contributed by atoms with Crippen LogP contribution < -0.4 is 0 Å². The zero-order valence-corrected chi connectivity index (χ0v) is 6.62. The number of rotatable bonds is 4. The Hall–Kier alpha value is 0.415. The van der Waals surface area contributed by atoms with Gasteiger partial charge in [0, 0.05) is 0 Å². The SMILES string of the molecule is CCCC([B]S)CC. The van der Waals surface area contributed by atoms with Crippen molar-refractivity contribution in [3.63, 3.8) is 0 Å². The molecule has 0 N–H and O–H groups in total. The monoisotopic (exact) mass is 129 g/mol. The number of thiol groups is 1. The predicted molar refractivity (Wildman–Crippen MR) is 43.7 cm³/mol. The molecule has 0 saturated heterocycles. The first-order valence-corrected chi connectivity index (χ1v) is 3.84. The highest BCUT2D eigenvalue weighted by Crippen LogP contribution is 2.16. The van der Waals surface area contributed by atoms with Gasteiger partial charge in [0.25, 0.3) is 0 Å². The Labute approximate surface area is 58.6 Å². The Bertz CT molecular complexity index is 43.8. The summed E-state index contributed by atoms with van der Waals surface area (Å²) in [5.74, 6) is 0.739. The molecule has 8 heavy (non-hydrogen) atoms. The van der Waals surface area contributed by atoms with Gasteiger partial charge in [-0.15, -0.1) is 0 Å². The van der Waals surface area contributed by atoms with E-state index in [0.29, 0.717) is 0 Å². The van der Waals surface area contributed by atoms with Crippen LogP contribution >= 0.6 is 12.5 Å². The van der Waals surface area contributed by atoms with Crippen molar-refractivity contribution in [1.82, 2.24) is 0 Å². The summed E-state index contributed by atoms with van der Waals surface area (Å²) < 4.78 is 0. The Balaban J connectivity index is 3.07. The molecule has 0 spiro atoms. The largest absolute Gasteiger partial charge is 0.235 e. The normalized spacial score (nSPS) is 13.4. The lowest BCUT2D eigenvalue weighted by Crippen LogP contribution is -1.94. The molecular weight excluding hydrogens is 115 g/mol. The molecule has 0 bridgehead atoms. The third-order valence-electron chi connectivity index (χ3n) is 1.39. The Morgan fingerprint density at radius 2 is 2.12 bits per heavy atom. The van der Waals surface area contributed by atoms with Gasteiger partial charge in [0.1, 0.15) is 0 Å². The Morgan fingerprint density at radius 1 is 1.50 bits per heavy atom. The molecular formula is C6H14BS. The van der Waals surface area contributed by atoms with Crippen molar-refractivity contribution in [3.05, 3.63) is 0 Å². The van der Waals surface area contributed by atoms with Crippen LogP contribution in [0.15, 0.2) is 0 Å². The molecule has 47 valence electrons. The molecule has 2 heteroatoms. The fraction of sp³-hybridized carbons (Fsp3) is 1.00. The average molecular weight is 129 g/mol. The van der Waals surface area contributed by atoms with E-state index in [1.807, 2.05) is 6.56 Å². The molecule has 0 saturated carbocycles. The van der Waals surface area contributed by atoms with E-state index in [0.717, 1.165) is 5.82 Å². The van der Waals surface area contributed by atoms with Crippen LogP contribution in [0.2, 0.25) is 5.82 Å². The Morgan fingerprint density at radius 3 is 2.25 bits per heavy atom. The van der Waals surface area contributed by atoms with E-state index in [9.17, 15) is 0 Å². The van der Waals surface area contributed by atoms with E-state index >= 15 is 0 Å². The third-order valence-corrected chi connectivity index (χ3v) is 1.82. The molecule has 0 fully saturated rings. The summed E-state index contributed by atoms with van der Waals surface area (Å²) in [5.41, 5.74) is 0. The van der Waals surface area contributed by atoms with E-state index < -0.39 is 0 Å². The van der Waals surface area contributed by atoms with Crippen LogP contribution in [0.4, 0.5) is 0 Å². The van der Waals surface area contributed by atoms with E-state index in [2.05, 4.69) is 26.3 Å². The van der Waals surface area contributed by atoms with Crippen molar-refractivity contribution < 1.29 is 0 Å². The van der Waals surface area contributed by atoms with Gasteiger partial charge in [0.2, 0.25) is 0 Å². The smallest absolute Gasteiger partial charge is 0.190 e. The van der Waals surface area contributed by atoms with Crippen LogP contribution in [0.25, 0.3) is 0 Å². The summed E-state index contributed by atoms with van der Waals surface area (Å²) >= 11 is 4.10. The molecule has 0 rings (SSSR count). The van der Waals surface area contributed by atoms with Crippen LogP contribution in [0, 0.1) is 0 Å². The second kappa shape index (κ2) is 5.55. The van der Waals surface area contributed by atoms with Crippen LogP contribution in [-0.2, 0) is 0 Å². The second-order valence-electron chi connectivity index (χ2n) is 2.11. The lowest BCUT2D eigenvalue weighted by molar-refractivity contribution is 0.698. The van der Waals surface area contributed by atoms with Crippen molar-refractivity contribution in [3.8, 4) is 0 Å². The first kappa shape index (κ1) is 8.41. The van der Waals surface area contributed by atoms with Gasteiger partial charge in [-0.2, -0.15) is 0 Å². The van der Waals surface area contributed by atoms with Gasteiger partial charge < -0.3 is 0 Å². The number of hydrogen-bond acceptors (Lipinski definition) is 1. The van der Waals surface area contributed by atoms with Gasteiger partial charge in [0.15, 0.2) is 6.56 Å². The summed E-state index contributed by atoms with van der Waals surface area (Å²) in [6.07, 6.45) is 3.80. The van der Waals surface area contributed by atoms with Gasteiger partial charge in [-0.3, -0.25) is 0 Å². The summed E-state index contributed by atoms with van der Waals surface area (Å²) in [4.78, 5) is 0. The predicted octanol–water partition coefficient (Wildman–Crippen LogP) is 2.53. The van der Waals surface area contributed by atoms with E-state index in [-0.39, 0.29) is 0 Å². The highest BCUT2D eigenvalue weighted by atomic mass is 32.1. The fourth-order valence-electron chi connectivity index (χ4n) is 0.755. The molecule has 1 atom stereocenters. The quantitative estimate of drug-likeness (QED) is 0.437. The van der Waals surface area contributed by atoms with Crippen molar-refractivity contribution in [2.45, 2.75) is 38.9 Å².